The van der Waals surface area contributed by atoms with E-state index in [1.54, 1.807) is 0 Å². The second-order valence-electron chi connectivity index (χ2n) is 3.48. The van der Waals surface area contributed by atoms with Crippen LogP contribution in [0.4, 0.5) is 4.39 Å². The van der Waals surface area contributed by atoms with Crippen molar-refractivity contribution in [3.05, 3.63) is 34.7 Å². The first kappa shape index (κ1) is 12.6. The molecule has 4 nitrogen and oxygen atoms in total. The van der Waals surface area contributed by atoms with Gasteiger partial charge in [0.15, 0.2) is 11.6 Å². The zero-order valence-corrected chi connectivity index (χ0v) is 10.4. The Balaban J connectivity index is 2.73. The van der Waals surface area contributed by atoms with E-state index in [-0.39, 0.29) is 16.3 Å². The molecule has 0 radical (unpaired) electrons. The van der Waals surface area contributed by atoms with Gasteiger partial charge >= 0.3 is 5.97 Å². The summed E-state index contributed by atoms with van der Waals surface area (Å²) < 4.78 is 22.9. The molecular weight excluding hydrogens is 261 g/mol. The minimum atomic E-state index is -0.599. The number of nitrogens with zero attached hydrogens (tertiary/aromatic N) is 1. The maximum absolute atomic E-state index is 13.5. The lowest BCUT2D eigenvalue weighted by Crippen LogP contribution is -2.03. The highest BCUT2D eigenvalue weighted by Crippen LogP contribution is 2.31. The van der Waals surface area contributed by atoms with E-state index >= 15 is 0 Å². The Bertz CT molecular complexity index is 630. The Hall–Kier alpha value is -1.88. The number of methoxy groups -OCH3 is 2. The van der Waals surface area contributed by atoms with E-state index in [1.807, 2.05) is 0 Å². The Morgan fingerprint density at radius 1 is 1.39 bits per heavy atom. The van der Waals surface area contributed by atoms with Crippen LogP contribution in [0.15, 0.2) is 18.3 Å². The third-order valence-corrected chi connectivity index (χ3v) is 2.89. The quantitative estimate of drug-likeness (QED) is 0.787. The number of carbonyl (C=O) groups is 1. The molecule has 2 rings (SSSR count). The summed E-state index contributed by atoms with van der Waals surface area (Å²) >= 11 is 6.08. The van der Waals surface area contributed by atoms with Gasteiger partial charge in [0.25, 0.3) is 0 Å². The van der Waals surface area contributed by atoms with E-state index in [9.17, 15) is 9.18 Å². The number of carbonyl (C=O) groups excluding carboxylic acids is 1. The van der Waals surface area contributed by atoms with Crippen LogP contribution in [0.5, 0.6) is 5.75 Å². The largest absolute Gasteiger partial charge is 0.494 e. The van der Waals surface area contributed by atoms with Gasteiger partial charge in [-0.25, -0.2) is 9.18 Å². The molecule has 0 amide bonds. The Labute approximate surface area is 107 Å². The lowest BCUT2D eigenvalue weighted by molar-refractivity contribution is 0.0600. The van der Waals surface area contributed by atoms with Crippen LogP contribution in [0.25, 0.3) is 10.9 Å². The summed E-state index contributed by atoms with van der Waals surface area (Å²) in [6.45, 7) is 0. The molecule has 1 aromatic heterocycles. The van der Waals surface area contributed by atoms with Crippen LogP contribution in [0.1, 0.15) is 10.4 Å². The van der Waals surface area contributed by atoms with Crippen molar-refractivity contribution in [1.82, 2.24) is 4.98 Å². The Kier molecular flexibility index (Phi) is 3.34. The minimum Gasteiger partial charge on any atom is -0.494 e. The van der Waals surface area contributed by atoms with E-state index in [0.29, 0.717) is 10.9 Å². The number of aromatic nitrogens is 1. The van der Waals surface area contributed by atoms with Crippen molar-refractivity contribution >= 4 is 28.5 Å². The van der Waals surface area contributed by atoms with Gasteiger partial charge in [-0.2, -0.15) is 0 Å². The highest BCUT2D eigenvalue weighted by atomic mass is 35.5. The molecule has 0 unspecified atom stereocenters. The number of halogens is 2. The van der Waals surface area contributed by atoms with Crippen molar-refractivity contribution in [3.63, 3.8) is 0 Å². The van der Waals surface area contributed by atoms with E-state index in [2.05, 4.69) is 9.72 Å². The van der Waals surface area contributed by atoms with E-state index in [0.717, 1.165) is 0 Å². The van der Waals surface area contributed by atoms with Crippen molar-refractivity contribution in [2.45, 2.75) is 0 Å². The lowest BCUT2D eigenvalue weighted by Gasteiger charge is -2.08. The molecule has 0 fully saturated rings. The standard InChI is InChI=1S/C12H9ClFNO3/c1-17-10-3-6-9(4-8(10)14)15-5-7(11(6)13)12(16)18-2/h3-5H,1-2H3. The van der Waals surface area contributed by atoms with Gasteiger partial charge in [0, 0.05) is 17.6 Å². The number of pyridine rings is 1. The van der Waals surface area contributed by atoms with Gasteiger partial charge in [-0.05, 0) is 6.07 Å². The summed E-state index contributed by atoms with van der Waals surface area (Å²) in [6.07, 6.45) is 1.25. The SMILES string of the molecule is COC(=O)c1cnc2cc(F)c(OC)cc2c1Cl. The Morgan fingerprint density at radius 3 is 2.72 bits per heavy atom. The second-order valence-corrected chi connectivity index (χ2v) is 3.86. The Morgan fingerprint density at radius 2 is 2.11 bits per heavy atom. The molecule has 1 aromatic carbocycles. The van der Waals surface area contributed by atoms with Crippen molar-refractivity contribution in [2.24, 2.45) is 0 Å². The summed E-state index contributed by atoms with van der Waals surface area (Å²) in [4.78, 5) is 15.4. The average molecular weight is 270 g/mol. The smallest absolute Gasteiger partial charge is 0.340 e. The summed E-state index contributed by atoms with van der Waals surface area (Å²) in [5.41, 5.74) is 0.464. The van der Waals surface area contributed by atoms with E-state index in [4.69, 9.17) is 16.3 Å². The number of benzene rings is 1. The molecule has 6 heteroatoms. The lowest BCUT2D eigenvalue weighted by atomic mass is 10.1. The van der Waals surface area contributed by atoms with Crippen molar-refractivity contribution < 1.29 is 18.7 Å². The first-order valence-electron chi connectivity index (χ1n) is 4.98. The topological polar surface area (TPSA) is 48.4 Å². The molecule has 0 N–H and O–H groups in total. The van der Waals surface area contributed by atoms with Gasteiger partial charge in [0.2, 0.25) is 0 Å². The molecule has 0 bridgehead atoms. The first-order valence-corrected chi connectivity index (χ1v) is 5.36. The number of hydrogen-bond donors (Lipinski definition) is 0. The summed E-state index contributed by atoms with van der Waals surface area (Å²) in [6, 6.07) is 2.59. The number of rotatable bonds is 2. The molecule has 0 spiro atoms. The molecule has 18 heavy (non-hydrogen) atoms. The van der Waals surface area contributed by atoms with E-state index < -0.39 is 11.8 Å². The fourth-order valence-corrected chi connectivity index (χ4v) is 1.85. The van der Waals surface area contributed by atoms with Crippen molar-refractivity contribution in [2.75, 3.05) is 14.2 Å². The first-order chi connectivity index (χ1) is 8.58. The highest BCUT2D eigenvalue weighted by Gasteiger charge is 2.16. The van der Waals surface area contributed by atoms with E-state index in [1.165, 1.54) is 32.5 Å². The third kappa shape index (κ3) is 1.97. The number of ether oxygens (including phenoxy) is 2. The van der Waals surface area contributed by atoms with Crippen molar-refractivity contribution in [3.8, 4) is 5.75 Å². The molecule has 0 aliphatic carbocycles. The zero-order chi connectivity index (χ0) is 13.3. The molecule has 1 heterocycles. The monoisotopic (exact) mass is 269 g/mol. The number of esters is 1. The van der Waals surface area contributed by atoms with Crippen LogP contribution in [-0.4, -0.2) is 25.2 Å². The molecule has 94 valence electrons. The van der Waals surface area contributed by atoms with Crippen LogP contribution in [0.2, 0.25) is 5.02 Å². The molecule has 0 atom stereocenters. The second kappa shape index (κ2) is 4.78. The normalized spacial score (nSPS) is 10.4. The number of fused-ring (bicyclic) bond motifs is 1. The molecule has 0 saturated heterocycles. The van der Waals surface area contributed by atoms with Crippen LogP contribution in [-0.2, 0) is 4.74 Å². The zero-order valence-electron chi connectivity index (χ0n) is 9.66. The van der Waals surface area contributed by atoms with Gasteiger partial charge in [0.05, 0.1) is 30.3 Å². The average Bonchev–Trinajstić information content (AvgIpc) is 2.38. The summed E-state index contributed by atoms with van der Waals surface area (Å²) in [5, 5.41) is 0.586. The third-order valence-electron chi connectivity index (χ3n) is 2.48. The van der Waals surface area contributed by atoms with Gasteiger partial charge in [-0.15, -0.1) is 0 Å². The highest BCUT2D eigenvalue weighted by molar-refractivity contribution is 6.38. The molecule has 0 aliphatic rings. The predicted octanol–water partition coefficient (Wildman–Crippen LogP) is 2.82. The van der Waals surface area contributed by atoms with Gasteiger partial charge in [-0.1, -0.05) is 11.6 Å². The van der Waals surface area contributed by atoms with Crippen LogP contribution in [0, 0.1) is 5.82 Å². The van der Waals surface area contributed by atoms with Gasteiger partial charge in [-0.3, -0.25) is 4.98 Å². The molecular formula is C12H9ClFNO3. The summed E-state index contributed by atoms with van der Waals surface area (Å²) in [7, 11) is 2.59. The van der Waals surface area contributed by atoms with Crippen molar-refractivity contribution in [1.29, 1.82) is 0 Å². The maximum atomic E-state index is 13.5. The van der Waals surface area contributed by atoms with Gasteiger partial charge < -0.3 is 9.47 Å². The molecule has 0 saturated carbocycles. The molecule has 0 aliphatic heterocycles. The fourth-order valence-electron chi connectivity index (χ4n) is 1.57. The van der Waals surface area contributed by atoms with Crippen LogP contribution in [0.3, 0.4) is 0 Å². The maximum Gasteiger partial charge on any atom is 0.340 e. The van der Waals surface area contributed by atoms with Gasteiger partial charge in [0.1, 0.15) is 0 Å². The minimum absolute atomic E-state index is 0.0354. The number of hydrogen-bond acceptors (Lipinski definition) is 4. The van der Waals surface area contributed by atoms with Crippen LogP contribution < -0.4 is 4.74 Å². The fraction of sp³-hybridized carbons (Fsp3) is 0.167. The molecule has 2 aromatic rings. The summed E-state index contributed by atoms with van der Waals surface area (Å²) in [5.74, 6) is -1.11. The van der Waals surface area contributed by atoms with Crippen LogP contribution >= 0.6 is 11.6 Å². The predicted molar refractivity (Wildman–Crippen MR) is 64.6 cm³/mol.